The first-order valence-corrected chi connectivity index (χ1v) is 4.19. The first kappa shape index (κ1) is 11.9. The third kappa shape index (κ3) is 5.19. The Labute approximate surface area is 77.1 Å². The molecule has 0 aromatic heterocycles. The summed E-state index contributed by atoms with van der Waals surface area (Å²) in [5, 5.41) is 10.9. The number of carbonyl (C=O) groups is 2. The molecule has 0 bridgehead atoms. The van der Waals surface area contributed by atoms with Crippen LogP contribution < -0.4 is 5.32 Å². The van der Waals surface area contributed by atoms with Crippen molar-refractivity contribution in [3.05, 3.63) is 0 Å². The van der Waals surface area contributed by atoms with E-state index in [1.807, 2.05) is 6.92 Å². The van der Waals surface area contributed by atoms with Crippen molar-refractivity contribution in [1.82, 2.24) is 5.32 Å². The summed E-state index contributed by atoms with van der Waals surface area (Å²) in [6.45, 7) is 3.23. The number of amides is 1. The molecular weight excluding hydrogens is 174 g/mol. The molecule has 0 rings (SSSR count). The van der Waals surface area contributed by atoms with Crippen LogP contribution in [-0.4, -0.2) is 36.2 Å². The second-order valence-corrected chi connectivity index (χ2v) is 2.58. The van der Waals surface area contributed by atoms with Crippen molar-refractivity contribution in [3.63, 3.8) is 0 Å². The van der Waals surface area contributed by atoms with Gasteiger partial charge in [0.15, 0.2) is 6.10 Å². The minimum Gasteiger partial charge on any atom is -0.451 e. The predicted molar refractivity (Wildman–Crippen MR) is 45.9 cm³/mol. The lowest BCUT2D eigenvalue weighted by molar-refractivity contribution is -0.157. The van der Waals surface area contributed by atoms with Gasteiger partial charge in [0, 0.05) is 6.54 Å². The fraction of sp³-hybridized carbons (Fsp3) is 0.750. The van der Waals surface area contributed by atoms with Crippen LogP contribution in [0.3, 0.4) is 0 Å². The van der Waals surface area contributed by atoms with Gasteiger partial charge in [0.2, 0.25) is 0 Å². The van der Waals surface area contributed by atoms with E-state index in [-0.39, 0.29) is 5.91 Å². The summed E-state index contributed by atoms with van der Waals surface area (Å²) in [6.07, 6.45) is -0.0157. The minimum absolute atomic E-state index is 0.344. The molecule has 0 radical (unpaired) electrons. The lowest BCUT2D eigenvalue weighted by Gasteiger charge is -2.11. The van der Waals surface area contributed by atoms with Crippen LogP contribution in [0.15, 0.2) is 0 Å². The molecule has 0 heterocycles. The van der Waals surface area contributed by atoms with Crippen molar-refractivity contribution in [2.24, 2.45) is 0 Å². The highest BCUT2D eigenvalue weighted by atomic mass is 16.6. The van der Waals surface area contributed by atoms with Crippen LogP contribution in [0, 0.1) is 0 Å². The molecule has 76 valence electrons. The van der Waals surface area contributed by atoms with Gasteiger partial charge in [-0.1, -0.05) is 6.92 Å². The van der Waals surface area contributed by atoms with Crippen molar-refractivity contribution in [2.75, 3.05) is 13.2 Å². The van der Waals surface area contributed by atoms with E-state index in [4.69, 9.17) is 5.11 Å². The molecule has 0 aliphatic rings. The molecule has 0 fully saturated rings. The molecule has 0 aromatic rings. The van der Waals surface area contributed by atoms with Gasteiger partial charge in [0.25, 0.3) is 5.91 Å². The van der Waals surface area contributed by atoms with Gasteiger partial charge in [-0.05, 0) is 13.3 Å². The first-order chi connectivity index (χ1) is 6.11. The maximum atomic E-state index is 11.1. The standard InChI is InChI=1S/C8H15NO4/c1-3-4-9-8(12)6(2)13-7(11)5-10/h6,10H,3-5H2,1-2H3,(H,9,12). The molecule has 5 heteroatoms. The normalized spacial score (nSPS) is 11.9. The molecule has 1 atom stereocenters. The average molecular weight is 189 g/mol. The number of rotatable bonds is 5. The van der Waals surface area contributed by atoms with Crippen LogP contribution in [-0.2, 0) is 14.3 Å². The number of carbonyl (C=O) groups excluding carboxylic acids is 2. The fourth-order valence-corrected chi connectivity index (χ4v) is 0.680. The first-order valence-electron chi connectivity index (χ1n) is 4.19. The molecule has 1 amide bonds. The molecule has 2 N–H and O–H groups in total. The summed E-state index contributed by atoms with van der Waals surface area (Å²) < 4.78 is 4.56. The monoisotopic (exact) mass is 189 g/mol. The van der Waals surface area contributed by atoms with Crippen LogP contribution in [0.1, 0.15) is 20.3 Å². The zero-order valence-electron chi connectivity index (χ0n) is 7.87. The highest BCUT2D eigenvalue weighted by Gasteiger charge is 2.15. The third-order valence-electron chi connectivity index (χ3n) is 1.36. The quantitative estimate of drug-likeness (QED) is 0.568. The minimum atomic E-state index is -0.841. The Bertz CT molecular complexity index is 181. The Balaban J connectivity index is 3.75. The Hall–Kier alpha value is -1.10. The largest absolute Gasteiger partial charge is 0.451 e. The van der Waals surface area contributed by atoms with Crippen LogP contribution in [0.2, 0.25) is 0 Å². The van der Waals surface area contributed by atoms with E-state index in [1.54, 1.807) is 0 Å². The smallest absolute Gasteiger partial charge is 0.332 e. The number of aliphatic hydroxyl groups is 1. The van der Waals surface area contributed by atoms with Crippen LogP contribution in [0.4, 0.5) is 0 Å². The van der Waals surface area contributed by atoms with Gasteiger partial charge >= 0.3 is 5.97 Å². The highest BCUT2D eigenvalue weighted by Crippen LogP contribution is 1.91. The Morgan fingerprint density at radius 2 is 2.15 bits per heavy atom. The highest BCUT2D eigenvalue weighted by molar-refractivity contribution is 5.83. The summed E-state index contributed by atoms with van der Waals surface area (Å²) >= 11 is 0. The number of hydrogen-bond donors (Lipinski definition) is 2. The van der Waals surface area contributed by atoms with Gasteiger partial charge in [-0.2, -0.15) is 0 Å². The summed E-state index contributed by atoms with van der Waals surface area (Å²) in [5.41, 5.74) is 0. The van der Waals surface area contributed by atoms with Gasteiger partial charge in [-0.15, -0.1) is 0 Å². The van der Waals surface area contributed by atoms with E-state index in [9.17, 15) is 9.59 Å². The van der Waals surface area contributed by atoms with E-state index < -0.39 is 18.7 Å². The zero-order valence-corrected chi connectivity index (χ0v) is 7.87. The molecule has 0 aromatic carbocycles. The lowest BCUT2D eigenvalue weighted by Crippen LogP contribution is -2.36. The third-order valence-corrected chi connectivity index (χ3v) is 1.36. The topological polar surface area (TPSA) is 75.6 Å². The number of esters is 1. The average Bonchev–Trinajstić information content (AvgIpc) is 2.13. The predicted octanol–water partition coefficient (Wildman–Crippen LogP) is -0.563. The molecule has 0 aliphatic heterocycles. The molecule has 1 unspecified atom stereocenters. The molecule has 0 aliphatic carbocycles. The number of ether oxygens (including phenoxy) is 1. The van der Waals surface area contributed by atoms with E-state index in [1.165, 1.54) is 6.92 Å². The number of nitrogens with one attached hydrogen (secondary N) is 1. The molecular formula is C8H15NO4. The number of hydrogen-bond acceptors (Lipinski definition) is 4. The molecule has 0 saturated heterocycles. The van der Waals surface area contributed by atoms with Crippen molar-refractivity contribution in [1.29, 1.82) is 0 Å². The summed E-state index contributed by atoms with van der Waals surface area (Å²) in [4.78, 5) is 21.6. The van der Waals surface area contributed by atoms with E-state index in [2.05, 4.69) is 10.1 Å². The Morgan fingerprint density at radius 1 is 1.54 bits per heavy atom. The maximum absolute atomic E-state index is 11.1. The summed E-state index contributed by atoms with van der Waals surface area (Å²) in [6, 6.07) is 0. The maximum Gasteiger partial charge on any atom is 0.332 e. The van der Waals surface area contributed by atoms with Gasteiger partial charge in [0.1, 0.15) is 6.61 Å². The fourth-order valence-electron chi connectivity index (χ4n) is 0.680. The van der Waals surface area contributed by atoms with Gasteiger partial charge in [-0.25, -0.2) is 4.79 Å². The molecule has 13 heavy (non-hydrogen) atoms. The SMILES string of the molecule is CCCNC(=O)C(C)OC(=O)CO. The van der Waals surface area contributed by atoms with Crippen molar-refractivity contribution in [3.8, 4) is 0 Å². The van der Waals surface area contributed by atoms with Gasteiger partial charge in [-0.3, -0.25) is 4.79 Å². The van der Waals surface area contributed by atoms with Crippen LogP contribution in [0.25, 0.3) is 0 Å². The van der Waals surface area contributed by atoms with Crippen LogP contribution >= 0.6 is 0 Å². The summed E-state index contributed by atoms with van der Waals surface area (Å²) in [7, 11) is 0. The van der Waals surface area contributed by atoms with E-state index in [0.29, 0.717) is 6.54 Å². The van der Waals surface area contributed by atoms with Gasteiger partial charge < -0.3 is 15.2 Å². The lowest BCUT2D eigenvalue weighted by atomic mass is 10.3. The van der Waals surface area contributed by atoms with Gasteiger partial charge in [0.05, 0.1) is 0 Å². The number of aliphatic hydroxyl groups excluding tert-OH is 1. The second-order valence-electron chi connectivity index (χ2n) is 2.58. The molecule has 5 nitrogen and oxygen atoms in total. The second kappa shape index (κ2) is 6.42. The van der Waals surface area contributed by atoms with Crippen molar-refractivity contribution in [2.45, 2.75) is 26.4 Å². The zero-order chi connectivity index (χ0) is 10.3. The van der Waals surface area contributed by atoms with E-state index in [0.717, 1.165) is 6.42 Å². The molecule has 0 saturated carbocycles. The van der Waals surface area contributed by atoms with E-state index >= 15 is 0 Å². The van der Waals surface area contributed by atoms with Crippen molar-refractivity contribution < 1.29 is 19.4 Å². The van der Waals surface area contributed by atoms with Crippen molar-refractivity contribution >= 4 is 11.9 Å². The Kier molecular flexibility index (Phi) is 5.88. The van der Waals surface area contributed by atoms with Crippen LogP contribution in [0.5, 0.6) is 0 Å². The Morgan fingerprint density at radius 3 is 2.62 bits per heavy atom. The molecule has 0 spiro atoms. The summed E-state index contributed by atoms with van der Waals surface area (Å²) in [5.74, 6) is -1.14.